The molecule has 0 aliphatic heterocycles. The first kappa shape index (κ1) is 24.1. The molecule has 4 rings (SSSR count). The molecule has 2 aromatic carbocycles. The van der Waals surface area contributed by atoms with E-state index in [2.05, 4.69) is 54.6 Å². The molecule has 0 aliphatic rings. The molecule has 4 aromatic rings. The third kappa shape index (κ3) is 4.89. The summed E-state index contributed by atoms with van der Waals surface area (Å²) in [6, 6.07) is 16.3. The van der Waals surface area contributed by atoms with Crippen LogP contribution in [0.4, 0.5) is 0 Å². The average molecular weight is 477 g/mol. The number of ether oxygens (including phenoxy) is 1. The molecular formula is C27H32N4O2S. The number of ketones is 1. The third-order valence-electron chi connectivity index (χ3n) is 5.96. The molecule has 6 nitrogen and oxygen atoms in total. The number of para-hydroxylation sites is 1. The highest BCUT2D eigenvalue weighted by molar-refractivity contribution is 7.99. The molecule has 34 heavy (non-hydrogen) atoms. The lowest BCUT2D eigenvalue weighted by molar-refractivity contribution is 0.102. The zero-order chi connectivity index (χ0) is 24.4. The van der Waals surface area contributed by atoms with Gasteiger partial charge >= 0.3 is 0 Å². The van der Waals surface area contributed by atoms with Crippen molar-refractivity contribution in [2.45, 2.75) is 57.8 Å². The van der Waals surface area contributed by atoms with Gasteiger partial charge in [0.2, 0.25) is 0 Å². The quantitative estimate of drug-likeness (QED) is 0.201. The van der Waals surface area contributed by atoms with Crippen molar-refractivity contribution in [3.05, 3.63) is 71.7 Å². The number of fused-ring (bicyclic) bond motifs is 1. The van der Waals surface area contributed by atoms with E-state index >= 15 is 0 Å². The number of nitrogens with zero attached hydrogens (tertiary/aromatic N) is 4. The second-order valence-corrected chi connectivity index (χ2v) is 10.1. The minimum Gasteiger partial charge on any atom is -0.483 e. The van der Waals surface area contributed by atoms with Gasteiger partial charge in [-0.2, -0.15) is 0 Å². The fourth-order valence-electron chi connectivity index (χ4n) is 4.11. The first-order valence-corrected chi connectivity index (χ1v) is 12.7. The first-order valence-electron chi connectivity index (χ1n) is 11.7. The zero-order valence-corrected chi connectivity index (χ0v) is 21.5. The first-order chi connectivity index (χ1) is 16.3. The van der Waals surface area contributed by atoms with Crippen LogP contribution in [0.25, 0.3) is 10.9 Å². The van der Waals surface area contributed by atoms with Crippen molar-refractivity contribution in [1.29, 1.82) is 0 Å². The maximum Gasteiger partial charge on any atom is 0.192 e. The number of Topliss-reactive ketones (excluding diaryl/α,β-unsaturated/α-hetero) is 1. The minimum atomic E-state index is -0.275. The van der Waals surface area contributed by atoms with Crippen LogP contribution in [0.1, 0.15) is 74.4 Å². The van der Waals surface area contributed by atoms with Crippen LogP contribution in [0, 0.1) is 0 Å². The number of carbonyl (C=O) groups excluding carboxylic acids is 1. The molecule has 0 N–H and O–H groups in total. The van der Waals surface area contributed by atoms with Gasteiger partial charge in [0, 0.05) is 35.8 Å². The lowest BCUT2D eigenvalue weighted by atomic mass is 10.0. The Labute approximate surface area is 205 Å². The van der Waals surface area contributed by atoms with Crippen molar-refractivity contribution in [2.24, 2.45) is 7.05 Å². The molecule has 178 valence electrons. The number of thioether (sulfide) groups is 1. The third-order valence-corrected chi connectivity index (χ3v) is 6.90. The summed E-state index contributed by atoms with van der Waals surface area (Å²) in [4.78, 5) is 13.1. The number of hydrogen-bond acceptors (Lipinski definition) is 5. The number of carbonyl (C=O) groups is 1. The summed E-state index contributed by atoms with van der Waals surface area (Å²) in [5.41, 5.74) is 3.07. The van der Waals surface area contributed by atoms with Crippen molar-refractivity contribution in [3.63, 3.8) is 0 Å². The summed E-state index contributed by atoms with van der Waals surface area (Å²) >= 11 is 1.42. The fraction of sp³-hybridized carbons (Fsp3) is 0.370. The largest absolute Gasteiger partial charge is 0.483 e. The summed E-state index contributed by atoms with van der Waals surface area (Å²) in [5.74, 6) is 2.41. The molecule has 1 unspecified atom stereocenters. The van der Waals surface area contributed by atoms with Crippen LogP contribution in [0.3, 0.4) is 0 Å². The van der Waals surface area contributed by atoms with Crippen LogP contribution in [-0.4, -0.2) is 30.9 Å². The molecule has 0 spiro atoms. The molecule has 0 saturated heterocycles. The molecule has 0 fully saturated rings. The zero-order valence-electron chi connectivity index (χ0n) is 20.6. The normalized spacial score (nSPS) is 12.6. The van der Waals surface area contributed by atoms with Gasteiger partial charge in [-0.15, -0.1) is 10.2 Å². The van der Waals surface area contributed by atoms with Crippen LogP contribution in [0.2, 0.25) is 0 Å². The molecule has 0 radical (unpaired) electrons. The highest BCUT2D eigenvalue weighted by atomic mass is 32.2. The van der Waals surface area contributed by atoms with Crippen LogP contribution in [0.5, 0.6) is 5.75 Å². The molecular weight excluding hydrogens is 444 g/mol. The lowest BCUT2D eigenvalue weighted by Crippen LogP contribution is -2.14. The van der Waals surface area contributed by atoms with Crippen LogP contribution in [0.15, 0.2) is 59.9 Å². The van der Waals surface area contributed by atoms with Gasteiger partial charge in [-0.05, 0) is 50.5 Å². The van der Waals surface area contributed by atoms with Gasteiger partial charge in [-0.25, -0.2) is 0 Å². The SMILES string of the molecule is CC(C)c1ccc(OC(C)c2nnc(SCC(=O)c3cn(C)c4ccccc34)n2C(C)C)cc1. The predicted octanol–water partition coefficient (Wildman–Crippen LogP) is 6.59. The van der Waals surface area contributed by atoms with Crippen molar-refractivity contribution < 1.29 is 9.53 Å². The van der Waals surface area contributed by atoms with Gasteiger partial charge in [-0.3, -0.25) is 4.79 Å². The van der Waals surface area contributed by atoms with Gasteiger partial charge in [0.05, 0.1) is 5.75 Å². The lowest BCUT2D eigenvalue weighted by Gasteiger charge is -2.19. The van der Waals surface area contributed by atoms with Crippen molar-refractivity contribution in [1.82, 2.24) is 19.3 Å². The van der Waals surface area contributed by atoms with E-state index < -0.39 is 0 Å². The van der Waals surface area contributed by atoms with Gasteiger partial charge < -0.3 is 13.9 Å². The fourth-order valence-corrected chi connectivity index (χ4v) is 5.07. The summed E-state index contributed by atoms with van der Waals surface area (Å²) < 4.78 is 10.2. The van der Waals surface area contributed by atoms with Gasteiger partial charge in [0.15, 0.2) is 22.9 Å². The highest BCUT2D eigenvalue weighted by Gasteiger charge is 2.23. The Morgan fingerprint density at radius 1 is 1.00 bits per heavy atom. The topological polar surface area (TPSA) is 61.9 Å². The second kappa shape index (κ2) is 10.1. The summed E-state index contributed by atoms with van der Waals surface area (Å²) in [6.45, 7) is 10.5. The van der Waals surface area contributed by atoms with Crippen molar-refractivity contribution in [2.75, 3.05) is 5.75 Å². The summed E-state index contributed by atoms with van der Waals surface area (Å²) in [7, 11) is 1.96. The molecule has 0 bridgehead atoms. The molecule has 2 aromatic heterocycles. The molecule has 7 heteroatoms. The van der Waals surface area contributed by atoms with Gasteiger partial charge in [0.1, 0.15) is 5.75 Å². The highest BCUT2D eigenvalue weighted by Crippen LogP contribution is 2.29. The predicted molar refractivity (Wildman–Crippen MR) is 138 cm³/mol. The van der Waals surface area contributed by atoms with Crippen LogP contribution < -0.4 is 4.74 Å². The molecule has 0 amide bonds. The van der Waals surface area contributed by atoms with Crippen molar-refractivity contribution in [3.8, 4) is 5.75 Å². The Hall–Kier alpha value is -3.06. The Balaban J connectivity index is 1.50. The maximum absolute atomic E-state index is 13.1. The van der Waals surface area contributed by atoms with E-state index in [1.165, 1.54) is 17.3 Å². The minimum absolute atomic E-state index is 0.0798. The number of aryl methyl sites for hydroxylation is 1. The summed E-state index contributed by atoms with van der Waals surface area (Å²) in [6.07, 6.45) is 1.63. The number of benzene rings is 2. The Kier molecular flexibility index (Phi) is 7.12. The molecule has 1 atom stereocenters. The van der Waals surface area contributed by atoms with E-state index in [1.54, 1.807) is 0 Å². The number of aromatic nitrogens is 4. The standard InChI is InChI=1S/C27H32N4O2S/c1-17(2)20-11-13-21(14-12-20)33-19(5)26-28-29-27(31(26)18(3)4)34-16-25(32)23-15-30(6)24-10-8-7-9-22(23)24/h7-15,17-19H,16H2,1-6H3. The molecule has 0 aliphatic carbocycles. The smallest absolute Gasteiger partial charge is 0.192 e. The van der Waals surface area contributed by atoms with Gasteiger partial charge in [-0.1, -0.05) is 55.9 Å². The maximum atomic E-state index is 13.1. The van der Waals surface area contributed by atoms with Gasteiger partial charge in [0.25, 0.3) is 0 Å². The Bertz CT molecular complexity index is 1290. The van der Waals surface area contributed by atoms with E-state index in [9.17, 15) is 4.79 Å². The van der Waals surface area contributed by atoms with Crippen LogP contribution in [-0.2, 0) is 7.05 Å². The average Bonchev–Trinajstić information content (AvgIpc) is 3.40. The second-order valence-electron chi connectivity index (χ2n) is 9.17. The van der Waals surface area contributed by atoms with E-state index in [-0.39, 0.29) is 17.9 Å². The molecule has 0 saturated carbocycles. The van der Waals surface area contributed by atoms with E-state index in [0.717, 1.165) is 33.2 Å². The van der Waals surface area contributed by atoms with E-state index in [1.807, 2.05) is 61.1 Å². The monoisotopic (exact) mass is 476 g/mol. The Morgan fingerprint density at radius 3 is 2.38 bits per heavy atom. The Morgan fingerprint density at radius 2 is 1.71 bits per heavy atom. The summed E-state index contributed by atoms with van der Waals surface area (Å²) in [5, 5.41) is 10.5. The number of hydrogen-bond donors (Lipinski definition) is 0. The van der Waals surface area contributed by atoms with E-state index in [0.29, 0.717) is 11.7 Å². The van der Waals surface area contributed by atoms with Crippen molar-refractivity contribution >= 4 is 28.4 Å². The number of rotatable bonds is 9. The van der Waals surface area contributed by atoms with Crippen LogP contribution >= 0.6 is 11.8 Å². The molecule has 2 heterocycles. The van der Waals surface area contributed by atoms with E-state index in [4.69, 9.17) is 4.74 Å².